The molecule has 6 nitrogen and oxygen atoms in total. The molecule has 6 heteroatoms. The molecule has 0 radical (unpaired) electrons. The summed E-state index contributed by atoms with van der Waals surface area (Å²) in [6, 6.07) is 6.25. The molecule has 24 heavy (non-hydrogen) atoms. The lowest BCUT2D eigenvalue weighted by Crippen LogP contribution is -2.43. The second kappa shape index (κ2) is 9.27. The first kappa shape index (κ1) is 18.3. The van der Waals surface area contributed by atoms with Crippen LogP contribution in [0.5, 0.6) is 5.75 Å². The summed E-state index contributed by atoms with van der Waals surface area (Å²) in [5.41, 5.74) is 2.62. The molecule has 1 aliphatic rings. The van der Waals surface area contributed by atoms with Crippen molar-refractivity contribution < 1.29 is 14.7 Å². The number of carbonyl (C=O) groups is 1. The summed E-state index contributed by atoms with van der Waals surface area (Å²) in [5, 5.41) is 14.0. The largest absolute Gasteiger partial charge is 0.494 e. The second-order valence-corrected chi connectivity index (χ2v) is 6.17. The number of nitrogens with zero attached hydrogens (tertiary/aromatic N) is 2. The van der Waals surface area contributed by atoms with Crippen LogP contribution in [-0.2, 0) is 17.8 Å². The number of hydrogen-bond donors (Lipinski definition) is 2. The van der Waals surface area contributed by atoms with Crippen LogP contribution in [0.25, 0.3) is 0 Å². The molecule has 0 fully saturated rings. The monoisotopic (exact) mass is 333 g/mol. The minimum absolute atomic E-state index is 0.0300. The number of carbonyl (C=O) groups excluding carboxylic acids is 1. The van der Waals surface area contributed by atoms with E-state index in [1.54, 1.807) is 0 Å². The SMILES string of the molecule is CCOc1cccc2c1CN(C[C@H](C)NC(=O)/C=N\O)CCCC2. The molecule has 0 saturated carbocycles. The number of nitrogens with one attached hydrogen (secondary N) is 1. The van der Waals surface area contributed by atoms with Crippen molar-refractivity contribution in [2.75, 3.05) is 19.7 Å². The Morgan fingerprint density at radius 2 is 2.33 bits per heavy atom. The first-order chi connectivity index (χ1) is 11.6. The van der Waals surface area contributed by atoms with E-state index in [1.165, 1.54) is 11.1 Å². The minimum atomic E-state index is -0.382. The summed E-state index contributed by atoms with van der Waals surface area (Å²) in [4.78, 5) is 13.8. The molecule has 0 bridgehead atoms. The predicted octanol–water partition coefficient (Wildman–Crippen LogP) is 2.19. The lowest BCUT2D eigenvalue weighted by molar-refractivity contribution is -0.115. The highest BCUT2D eigenvalue weighted by Gasteiger charge is 2.19. The fourth-order valence-electron chi connectivity index (χ4n) is 3.19. The number of oxime groups is 1. The molecule has 0 unspecified atom stereocenters. The van der Waals surface area contributed by atoms with Crippen LogP contribution in [0.4, 0.5) is 0 Å². The Bertz CT molecular complexity index is 560. The van der Waals surface area contributed by atoms with Crippen LogP contribution in [0.3, 0.4) is 0 Å². The average molecular weight is 333 g/mol. The van der Waals surface area contributed by atoms with Crippen molar-refractivity contribution in [2.45, 2.75) is 45.7 Å². The van der Waals surface area contributed by atoms with E-state index in [1.807, 2.05) is 19.9 Å². The third-order valence-corrected chi connectivity index (χ3v) is 4.18. The summed E-state index contributed by atoms with van der Waals surface area (Å²) in [5.74, 6) is 0.582. The van der Waals surface area contributed by atoms with E-state index in [2.05, 4.69) is 27.5 Å². The fraction of sp³-hybridized carbons (Fsp3) is 0.556. The van der Waals surface area contributed by atoms with Gasteiger partial charge in [-0.3, -0.25) is 9.69 Å². The van der Waals surface area contributed by atoms with Crippen LogP contribution < -0.4 is 10.1 Å². The molecule has 0 aromatic heterocycles. The lowest BCUT2D eigenvalue weighted by Gasteiger charge is -2.29. The normalized spacial score (nSPS) is 16.9. The van der Waals surface area contributed by atoms with Gasteiger partial charge in [0.25, 0.3) is 5.91 Å². The fourth-order valence-corrected chi connectivity index (χ4v) is 3.19. The maximum atomic E-state index is 11.5. The van der Waals surface area contributed by atoms with Crippen LogP contribution in [0.2, 0.25) is 0 Å². The molecule has 2 N–H and O–H groups in total. The number of hydrogen-bond acceptors (Lipinski definition) is 5. The van der Waals surface area contributed by atoms with Gasteiger partial charge in [0.05, 0.1) is 6.61 Å². The number of fused-ring (bicyclic) bond motifs is 1. The van der Waals surface area contributed by atoms with Gasteiger partial charge in [-0.2, -0.15) is 0 Å². The van der Waals surface area contributed by atoms with E-state index >= 15 is 0 Å². The Hall–Kier alpha value is -2.08. The molecule has 1 amide bonds. The summed E-state index contributed by atoms with van der Waals surface area (Å²) in [7, 11) is 0. The van der Waals surface area contributed by atoms with Crippen molar-refractivity contribution in [1.82, 2.24) is 10.2 Å². The topological polar surface area (TPSA) is 74.2 Å². The maximum absolute atomic E-state index is 11.5. The van der Waals surface area contributed by atoms with E-state index in [0.29, 0.717) is 6.61 Å². The summed E-state index contributed by atoms with van der Waals surface area (Å²) in [6.07, 6.45) is 4.25. The second-order valence-electron chi connectivity index (χ2n) is 6.17. The third kappa shape index (κ3) is 5.23. The first-order valence-corrected chi connectivity index (χ1v) is 8.57. The summed E-state index contributed by atoms with van der Waals surface area (Å²) >= 11 is 0. The molecule has 0 spiro atoms. The molecule has 1 aromatic carbocycles. The van der Waals surface area contributed by atoms with Crippen molar-refractivity contribution >= 4 is 12.1 Å². The van der Waals surface area contributed by atoms with Crippen LogP contribution in [-0.4, -0.2) is 48.0 Å². The molecule has 1 atom stereocenters. The highest BCUT2D eigenvalue weighted by molar-refractivity contribution is 6.26. The van der Waals surface area contributed by atoms with E-state index in [0.717, 1.165) is 50.9 Å². The highest BCUT2D eigenvalue weighted by Crippen LogP contribution is 2.27. The standard InChI is InChI=1S/C18H27N3O3/c1-3-24-17-9-6-8-15-7-4-5-10-21(13-16(15)17)12-14(2)20-18(22)11-19-23/h6,8-9,11,14,23H,3-5,7,10,12-13H2,1-2H3,(H,20,22)/b19-11-/t14-/m0/s1. The molecule has 2 rings (SSSR count). The predicted molar refractivity (Wildman–Crippen MR) is 93.7 cm³/mol. The van der Waals surface area contributed by atoms with E-state index in [-0.39, 0.29) is 11.9 Å². The number of amides is 1. The number of benzene rings is 1. The van der Waals surface area contributed by atoms with E-state index in [4.69, 9.17) is 9.94 Å². The van der Waals surface area contributed by atoms with Crippen molar-refractivity contribution in [3.63, 3.8) is 0 Å². The molecule has 1 aliphatic heterocycles. The zero-order chi connectivity index (χ0) is 17.4. The zero-order valence-corrected chi connectivity index (χ0v) is 14.5. The maximum Gasteiger partial charge on any atom is 0.266 e. The number of aryl methyl sites for hydroxylation is 1. The van der Waals surface area contributed by atoms with Crippen molar-refractivity contribution in [2.24, 2.45) is 5.16 Å². The Kier molecular flexibility index (Phi) is 7.06. The van der Waals surface area contributed by atoms with Crippen molar-refractivity contribution in [3.05, 3.63) is 29.3 Å². The molecular weight excluding hydrogens is 306 g/mol. The molecule has 132 valence electrons. The Balaban J connectivity index is 2.08. The molecular formula is C18H27N3O3. The van der Waals surface area contributed by atoms with Gasteiger partial charge >= 0.3 is 0 Å². The van der Waals surface area contributed by atoms with E-state index in [9.17, 15) is 4.79 Å². The molecule has 0 saturated heterocycles. The van der Waals surface area contributed by atoms with Gasteiger partial charge < -0.3 is 15.3 Å². The van der Waals surface area contributed by atoms with Gasteiger partial charge in [0, 0.05) is 24.7 Å². The lowest BCUT2D eigenvalue weighted by atomic mass is 9.98. The smallest absolute Gasteiger partial charge is 0.266 e. The van der Waals surface area contributed by atoms with Crippen molar-refractivity contribution in [3.8, 4) is 5.75 Å². The Morgan fingerprint density at radius 1 is 1.50 bits per heavy atom. The van der Waals surface area contributed by atoms with E-state index < -0.39 is 0 Å². The van der Waals surface area contributed by atoms with Crippen LogP contribution in [0.15, 0.2) is 23.4 Å². The van der Waals surface area contributed by atoms with Crippen LogP contribution >= 0.6 is 0 Å². The zero-order valence-electron chi connectivity index (χ0n) is 14.5. The van der Waals surface area contributed by atoms with Gasteiger partial charge in [0.2, 0.25) is 0 Å². The molecule has 0 aliphatic carbocycles. The minimum Gasteiger partial charge on any atom is -0.494 e. The van der Waals surface area contributed by atoms with Gasteiger partial charge in [-0.05, 0) is 51.3 Å². The first-order valence-electron chi connectivity index (χ1n) is 8.57. The Morgan fingerprint density at radius 3 is 3.08 bits per heavy atom. The number of rotatable bonds is 6. The van der Waals surface area contributed by atoms with Crippen molar-refractivity contribution in [1.29, 1.82) is 0 Å². The van der Waals surface area contributed by atoms with Crippen LogP contribution in [0, 0.1) is 0 Å². The summed E-state index contributed by atoms with van der Waals surface area (Å²) < 4.78 is 5.81. The van der Waals surface area contributed by atoms with Crippen LogP contribution in [0.1, 0.15) is 37.8 Å². The van der Waals surface area contributed by atoms with Gasteiger partial charge in [-0.25, -0.2) is 0 Å². The summed E-state index contributed by atoms with van der Waals surface area (Å²) in [6.45, 7) is 7.17. The van der Waals surface area contributed by atoms with Gasteiger partial charge in [-0.15, -0.1) is 0 Å². The number of ether oxygens (including phenoxy) is 1. The quantitative estimate of drug-likeness (QED) is 0.475. The third-order valence-electron chi connectivity index (χ3n) is 4.18. The average Bonchev–Trinajstić information content (AvgIpc) is 2.51. The van der Waals surface area contributed by atoms with Gasteiger partial charge in [-0.1, -0.05) is 17.3 Å². The Labute approximate surface area is 143 Å². The highest BCUT2D eigenvalue weighted by atomic mass is 16.5. The molecule has 1 heterocycles. The van der Waals surface area contributed by atoms with Gasteiger partial charge in [0.15, 0.2) is 0 Å². The van der Waals surface area contributed by atoms with Gasteiger partial charge in [0.1, 0.15) is 12.0 Å². The molecule has 1 aromatic rings.